The van der Waals surface area contributed by atoms with E-state index >= 15 is 0 Å². The predicted molar refractivity (Wildman–Crippen MR) is 51.8 cm³/mol. The molecule has 1 saturated carbocycles. The first-order valence-corrected chi connectivity index (χ1v) is 4.57. The van der Waals surface area contributed by atoms with Crippen LogP contribution in [0.3, 0.4) is 0 Å². The Balaban J connectivity index is 2.07. The summed E-state index contributed by atoms with van der Waals surface area (Å²) in [5.74, 6) is -0.0565. The molecule has 0 spiro atoms. The third-order valence-corrected chi connectivity index (χ3v) is 2.30. The van der Waals surface area contributed by atoms with Crippen LogP contribution < -0.4 is 11.1 Å². The number of amides is 1. The summed E-state index contributed by atoms with van der Waals surface area (Å²) in [6.07, 6.45) is 2.89. The fourth-order valence-corrected chi connectivity index (χ4v) is 1.12. The zero-order valence-electron chi connectivity index (χ0n) is 7.33. The lowest BCUT2D eigenvalue weighted by Crippen LogP contribution is -2.38. The molecule has 1 aromatic heterocycles. The van der Waals surface area contributed by atoms with Gasteiger partial charge in [-0.2, -0.15) is 0 Å². The van der Waals surface area contributed by atoms with Gasteiger partial charge in [0.15, 0.2) is 0 Å². The average Bonchev–Trinajstić information content (AvgIpc) is 2.85. The molecule has 6 heteroatoms. The molecule has 1 aliphatic carbocycles. The Hall–Kier alpha value is -1.20. The number of anilines is 1. The van der Waals surface area contributed by atoms with E-state index in [0.717, 1.165) is 0 Å². The highest BCUT2D eigenvalue weighted by Gasteiger charge is 2.46. The van der Waals surface area contributed by atoms with Gasteiger partial charge in [0, 0.05) is 6.20 Å². The van der Waals surface area contributed by atoms with Crippen LogP contribution in [0.5, 0.6) is 0 Å². The van der Waals surface area contributed by atoms with E-state index in [1.165, 1.54) is 12.3 Å². The number of carbonyl (C=O) groups is 1. The monoisotopic (exact) mass is 212 g/mol. The molecule has 0 unspecified atom stereocenters. The summed E-state index contributed by atoms with van der Waals surface area (Å²) in [4.78, 5) is 19.1. The Labute approximate surface area is 85.7 Å². The first-order chi connectivity index (χ1) is 6.60. The van der Waals surface area contributed by atoms with E-state index < -0.39 is 5.54 Å². The summed E-state index contributed by atoms with van der Waals surface area (Å²) in [7, 11) is 0. The molecular weight excluding hydrogens is 204 g/mol. The van der Waals surface area contributed by atoms with E-state index in [0.29, 0.717) is 12.8 Å². The fourth-order valence-electron chi connectivity index (χ4n) is 0.985. The summed E-state index contributed by atoms with van der Waals surface area (Å²) in [6.45, 7) is 0. The third-order valence-electron chi connectivity index (χ3n) is 2.09. The van der Waals surface area contributed by atoms with E-state index in [9.17, 15) is 4.79 Å². The van der Waals surface area contributed by atoms with Crippen LogP contribution in [0.25, 0.3) is 0 Å². The molecule has 2 rings (SSSR count). The molecule has 3 N–H and O–H groups in total. The van der Waals surface area contributed by atoms with Gasteiger partial charge in [0.05, 0.1) is 5.54 Å². The van der Waals surface area contributed by atoms with Gasteiger partial charge >= 0.3 is 0 Å². The number of nitrogens with zero attached hydrogens (tertiary/aromatic N) is 2. The van der Waals surface area contributed by atoms with Crippen molar-refractivity contribution >= 4 is 23.5 Å². The maximum atomic E-state index is 11.4. The number of carbonyl (C=O) groups excluding carboxylic acids is 1. The zero-order valence-corrected chi connectivity index (χ0v) is 8.08. The van der Waals surface area contributed by atoms with Crippen LogP contribution in [-0.4, -0.2) is 21.4 Å². The van der Waals surface area contributed by atoms with Crippen LogP contribution in [0.4, 0.5) is 5.95 Å². The Morgan fingerprint density at radius 2 is 2.36 bits per heavy atom. The molecule has 0 atom stereocenters. The molecule has 0 radical (unpaired) electrons. The number of hydrogen-bond donors (Lipinski definition) is 2. The molecule has 0 aromatic carbocycles. The van der Waals surface area contributed by atoms with Gasteiger partial charge in [-0.15, -0.1) is 0 Å². The molecule has 5 nitrogen and oxygen atoms in total. The maximum absolute atomic E-state index is 11.4. The topological polar surface area (TPSA) is 80.9 Å². The molecule has 14 heavy (non-hydrogen) atoms. The molecule has 1 heterocycles. The van der Waals surface area contributed by atoms with Crippen LogP contribution in [0.15, 0.2) is 12.3 Å². The Morgan fingerprint density at radius 3 is 2.93 bits per heavy atom. The number of rotatable bonds is 2. The van der Waals surface area contributed by atoms with Crippen LogP contribution >= 0.6 is 11.6 Å². The summed E-state index contributed by atoms with van der Waals surface area (Å²) >= 11 is 5.62. The van der Waals surface area contributed by atoms with Gasteiger partial charge in [0.2, 0.25) is 11.9 Å². The smallest absolute Gasteiger partial charge is 0.246 e. The standard InChI is InChI=1S/C8H9ClN4O/c9-5-1-4-11-7(12-5)13-6(14)8(10)2-3-8/h1,4H,2-3,10H2,(H,11,12,13,14). The van der Waals surface area contributed by atoms with Crippen molar-refractivity contribution in [3.05, 3.63) is 17.4 Å². The molecule has 1 aromatic rings. The van der Waals surface area contributed by atoms with Crippen molar-refractivity contribution in [1.82, 2.24) is 9.97 Å². The average molecular weight is 213 g/mol. The third kappa shape index (κ3) is 1.83. The number of nitrogens with two attached hydrogens (primary N) is 1. The van der Waals surface area contributed by atoms with Crippen molar-refractivity contribution in [3.63, 3.8) is 0 Å². The minimum Gasteiger partial charge on any atom is -0.317 e. The lowest BCUT2D eigenvalue weighted by Gasteiger charge is -2.07. The van der Waals surface area contributed by atoms with Crippen molar-refractivity contribution in [2.75, 3.05) is 5.32 Å². The molecule has 0 aliphatic heterocycles. The fraction of sp³-hybridized carbons (Fsp3) is 0.375. The summed E-state index contributed by atoms with van der Waals surface area (Å²) in [5, 5.41) is 2.80. The molecule has 0 bridgehead atoms. The molecular formula is C8H9ClN4O. The van der Waals surface area contributed by atoms with Crippen LogP contribution in [-0.2, 0) is 4.79 Å². The SMILES string of the molecule is NC1(C(=O)Nc2nccc(Cl)n2)CC1. The van der Waals surface area contributed by atoms with Crippen LogP contribution in [0.2, 0.25) is 5.15 Å². The number of nitrogens with one attached hydrogen (secondary N) is 1. The van der Waals surface area contributed by atoms with Crippen LogP contribution in [0, 0.1) is 0 Å². The molecule has 1 fully saturated rings. The van der Waals surface area contributed by atoms with E-state index in [1.54, 1.807) is 0 Å². The first kappa shape index (κ1) is 9.36. The highest BCUT2D eigenvalue weighted by atomic mass is 35.5. The summed E-state index contributed by atoms with van der Waals surface area (Å²) in [6, 6.07) is 1.53. The minimum atomic E-state index is -0.717. The van der Waals surface area contributed by atoms with Gasteiger partial charge in [-0.05, 0) is 18.9 Å². The molecule has 1 aliphatic rings. The van der Waals surface area contributed by atoms with Crippen molar-refractivity contribution in [2.24, 2.45) is 5.73 Å². The molecule has 0 saturated heterocycles. The molecule has 74 valence electrons. The predicted octanol–water partition coefficient (Wildman–Crippen LogP) is 0.560. The van der Waals surface area contributed by atoms with Crippen molar-refractivity contribution in [3.8, 4) is 0 Å². The van der Waals surface area contributed by atoms with Crippen molar-refractivity contribution in [2.45, 2.75) is 18.4 Å². The van der Waals surface area contributed by atoms with E-state index in [-0.39, 0.29) is 17.0 Å². The van der Waals surface area contributed by atoms with Gasteiger partial charge in [-0.1, -0.05) is 11.6 Å². The van der Waals surface area contributed by atoms with E-state index in [1.807, 2.05) is 0 Å². The molecule has 1 amide bonds. The highest BCUT2D eigenvalue weighted by molar-refractivity contribution is 6.29. The quantitative estimate of drug-likeness (QED) is 0.702. The Kier molecular flexibility index (Phi) is 2.13. The highest BCUT2D eigenvalue weighted by Crippen LogP contribution is 2.32. The normalized spacial score (nSPS) is 17.6. The van der Waals surface area contributed by atoms with Gasteiger partial charge in [0.1, 0.15) is 5.15 Å². The minimum absolute atomic E-state index is 0.194. The lowest BCUT2D eigenvalue weighted by atomic mass is 10.3. The number of hydrogen-bond acceptors (Lipinski definition) is 4. The second-order valence-corrected chi connectivity index (χ2v) is 3.70. The van der Waals surface area contributed by atoms with Crippen molar-refractivity contribution < 1.29 is 4.79 Å². The van der Waals surface area contributed by atoms with Crippen LogP contribution in [0.1, 0.15) is 12.8 Å². The zero-order chi connectivity index (χ0) is 10.2. The van der Waals surface area contributed by atoms with E-state index in [4.69, 9.17) is 17.3 Å². The Morgan fingerprint density at radius 1 is 1.64 bits per heavy atom. The summed E-state index contributed by atoms with van der Waals surface area (Å²) in [5.41, 5.74) is 4.96. The number of halogens is 1. The van der Waals surface area contributed by atoms with Gasteiger partial charge in [-0.25, -0.2) is 9.97 Å². The second-order valence-electron chi connectivity index (χ2n) is 3.31. The second kappa shape index (κ2) is 3.18. The largest absolute Gasteiger partial charge is 0.317 e. The Bertz CT molecular complexity index is 377. The van der Waals surface area contributed by atoms with Gasteiger partial charge in [-0.3, -0.25) is 10.1 Å². The summed E-state index contributed by atoms with van der Waals surface area (Å²) < 4.78 is 0. The lowest BCUT2D eigenvalue weighted by molar-refractivity contribution is -0.118. The van der Waals surface area contributed by atoms with Crippen molar-refractivity contribution in [1.29, 1.82) is 0 Å². The number of aromatic nitrogens is 2. The maximum Gasteiger partial charge on any atom is 0.246 e. The first-order valence-electron chi connectivity index (χ1n) is 4.19. The van der Waals surface area contributed by atoms with E-state index in [2.05, 4.69) is 15.3 Å². The van der Waals surface area contributed by atoms with Gasteiger partial charge < -0.3 is 5.73 Å². The van der Waals surface area contributed by atoms with Gasteiger partial charge in [0.25, 0.3) is 0 Å².